The van der Waals surface area contributed by atoms with Gasteiger partial charge in [0.25, 0.3) is 5.89 Å². The van der Waals surface area contributed by atoms with Crippen LogP contribution in [0.4, 0.5) is 0 Å². The molecule has 1 atom stereocenters. The SMILES string of the molecule is COc1ccc(Cc2noc(C=C3CCC(C(c4ccc(Cl)cc4)N(C)C)CC3)n2)cc1. The summed E-state index contributed by atoms with van der Waals surface area (Å²) in [4.78, 5) is 6.90. The maximum absolute atomic E-state index is 6.09. The van der Waals surface area contributed by atoms with Gasteiger partial charge in [0.1, 0.15) is 5.75 Å². The van der Waals surface area contributed by atoms with Crippen LogP contribution in [-0.4, -0.2) is 36.2 Å². The van der Waals surface area contributed by atoms with E-state index in [1.807, 2.05) is 36.4 Å². The Hall–Kier alpha value is -2.63. The van der Waals surface area contributed by atoms with E-state index in [-0.39, 0.29) is 0 Å². The molecule has 0 bridgehead atoms. The van der Waals surface area contributed by atoms with Crippen LogP contribution in [-0.2, 0) is 6.42 Å². The third-order valence-corrected chi connectivity index (χ3v) is 6.47. The second-order valence-electron chi connectivity index (χ2n) is 8.67. The summed E-state index contributed by atoms with van der Waals surface area (Å²) in [6.45, 7) is 0. The van der Waals surface area contributed by atoms with Crippen molar-refractivity contribution in [3.63, 3.8) is 0 Å². The first-order valence-electron chi connectivity index (χ1n) is 11.1. The molecule has 1 aliphatic rings. The summed E-state index contributed by atoms with van der Waals surface area (Å²) in [6.07, 6.45) is 7.12. The lowest BCUT2D eigenvalue weighted by Crippen LogP contribution is -2.29. The van der Waals surface area contributed by atoms with Crippen LogP contribution >= 0.6 is 11.6 Å². The van der Waals surface area contributed by atoms with Gasteiger partial charge >= 0.3 is 0 Å². The van der Waals surface area contributed by atoms with Crippen molar-refractivity contribution in [3.8, 4) is 5.75 Å². The van der Waals surface area contributed by atoms with Crippen molar-refractivity contribution in [3.05, 3.63) is 82.0 Å². The second kappa shape index (κ2) is 10.3. The highest BCUT2D eigenvalue weighted by Crippen LogP contribution is 2.39. The quantitative estimate of drug-likeness (QED) is 0.428. The van der Waals surface area contributed by atoms with Gasteiger partial charge in [0, 0.05) is 23.6 Å². The van der Waals surface area contributed by atoms with E-state index in [1.165, 1.54) is 11.1 Å². The normalized spacial score (nSPS) is 17.4. The first-order chi connectivity index (χ1) is 15.5. The molecule has 0 amide bonds. The Morgan fingerprint density at radius 2 is 1.78 bits per heavy atom. The summed E-state index contributed by atoms with van der Waals surface area (Å²) in [5.41, 5.74) is 3.84. The van der Waals surface area contributed by atoms with Crippen molar-refractivity contribution in [2.24, 2.45) is 5.92 Å². The number of benzene rings is 2. The highest BCUT2D eigenvalue weighted by atomic mass is 35.5. The molecule has 0 N–H and O–H groups in total. The topological polar surface area (TPSA) is 51.4 Å². The number of hydrogen-bond donors (Lipinski definition) is 0. The summed E-state index contributed by atoms with van der Waals surface area (Å²) in [5.74, 6) is 2.75. The Kier molecular flexibility index (Phi) is 7.28. The summed E-state index contributed by atoms with van der Waals surface area (Å²) < 4.78 is 10.7. The number of allylic oxidation sites excluding steroid dienone is 1. The lowest BCUT2D eigenvalue weighted by molar-refractivity contribution is 0.184. The van der Waals surface area contributed by atoms with Crippen LogP contribution in [0.5, 0.6) is 5.75 Å². The van der Waals surface area contributed by atoms with E-state index in [4.69, 9.17) is 20.9 Å². The lowest BCUT2D eigenvalue weighted by Gasteiger charge is -2.36. The molecule has 0 radical (unpaired) electrons. The second-order valence-corrected chi connectivity index (χ2v) is 9.11. The molecule has 6 heteroatoms. The highest BCUT2D eigenvalue weighted by Gasteiger charge is 2.28. The molecule has 0 saturated heterocycles. The summed E-state index contributed by atoms with van der Waals surface area (Å²) >= 11 is 6.09. The van der Waals surface area contributed by atoms with Crippen LogP contribution in [0.25, 0.3) is 6.08 Å². The average molecular weight is 452 g/mol. The molecule has 168 valence electrons. The molecule has 0 spiro atoms. The summed E-state index contributed by atoms with van der Waals surface area (Å²) in [7, 11) is 5.99. The monoisotopic (exact) mass is 451 g/mol. The third kappa shape index (κ3) is 5.59. The molecule has 4 rings (SSSR count). The number of ether oxygens (including phenoxy) is 1. The van der Waals surface area contributed by atoms with Crippen LogP contribution in [0.3, 0.4) is 0 Å². The number of methoxy groups -OCH3 is 1. The minimum Gasteiger partial charge on any atom is -0.497 e. The number of rotatable bonds is 7. The van der Waals surface area contributed by atoms with Crippen LogP contribution in [0.15, 0.2) is 58.6 Å². The smallest absolute Gasteiger partial charge is 0.250 e. The third-order valence-electron chi connectivity index (χ3n) is 6.22. The summed E-state index contributed by atoms with van der Waals surface area (Å²) in [5, 5.41) is 4.94. The minimum absolute atomic E-state index is 0.397. The van der Waals surface area contributed by atoms with Gasteiger partial charge in [-0.05, 0) is 81.1 Å². The molecule has 1 saturated carbocycles. The van der Waals surface area contributed by atoms with Gasteiger partial charge in [-0.25, -0.2) is 0 Å². The van der Waals surface area contributed by atoms with Gasteiger partial charge in [0.15, 0.2) is 5.82 Å². The molecular formula is C26H30ClN3O2. The molecule has 2 aromatic carbocycles. The molecular weight excluding hydrogens is 422 g/mol. The van der Waals surface area contributed by atoms with Gasteiger partial charge < -0.3 is 14.2 Å². The van der Waals surface area contributed by atoms with Crippen molar-refractivity contribution < 1.29 is 9.26 Å². The molecule has 1 unspecified atom stereocenters. The number of nitrogens with zero attached hydrogens (tertiary/aromatic N) is 3. The molecule has 0 aliphatic heterocycles. The maximum atomic E-state index is 6.09. The zero-order chi connectivity index (χ0) is 22.5. The van der Waals surface area contributed by atoms with E-state index in [2.05, 4.69) is 47.3 Å². The van der Waals surface area contributed by atoms with E-state index in [0.29, 0.717) is 30.1 Å². The van der Waals surface area contributed by atoms with Gasteiger partial charge in [-0.15, -0.1) is 0 Å². The fourth-order valence-corrected chi connectivity index (χ4v) is 4.75. The highest BCUT2D eigenvalue weighted by molar-refractivity contribution is 6.30. The lowest BCUT2D eigenvalue weighted by atomic mass is 9.78. The molecule has 1 aromatic heterocycles. The number of aromatic nitrogens is 2. The van der Waals surface area contributed by atoms with E-state index in [9.17, 15) is 0 Å². The Labute approximate surface area is 195 Å². The summed E-state index contributed by atoms with van der Waals surface area (Å²) in [6, 6.07) is 16.6. The predicted molar refractivity (Wildman–Crippen MR) is 128 cm³/mol. The van der Waals surface area contributed by atoms with Crippen molar-refractivity contribution in [1.82, 2.24) is 15.0 Å². The Bertz CT molecular complexity index is 1030. The molecule has 1 aliphatic carbocycles. The molecule has 32 heavy (non-hydrogen) atoms. The van der Waals surface area contributed by atoms with Gasteiger partial charge in [-0.1, -0.05) is 46.6 Å². The van der Waals surface area contributed by atoms with Crippen molar-refractivity contribution in [2.45, 2.75) is 38.1 Å². The minimum atomic E-state index is 0.397. The first kappa shape index (κ1) is 22.6. The predicted octanol–water partition coefficient (Wildman–Crippen LogP) is 6.20. The zero-order valence-electron chi connectivity index (χ0n) is 18.9. The van der Waals surface area contributed by atoms with Gasteiger partial charge in [-0.3, -0.25) is 0 Å². The molecule has 1 heterocycles. The first-order valence-corrected chi connectivity index (χ1v) is 11.5. The standard InChI is InChI=1S/C26H30ClN3O2/c1-30(2)26(21-10-12-22(27)13-11-21)20-8-4-19(5-9-20)17-25-28-24(29-32-25)16-18-6-14-23(31-3)15-7-18/h6-7,10-15,17,20,26H,4-5,8-9,16H2,1-3H3. The van der Waals surface area contributed by atoms with Gasteiger partial charge in [0.05, 0.1) is 7.11 Å². The van der Waals surface area contributed by atoms with Gasteiger partial charge in [-0.2, -0.15) is 4.98 Å². The Morgan fingerprint density at radius 3 is 2.41 bits per heavy atom. The van der Waals surface area contributed by atoms with E-state index in [1.54, 1.807) is 7.11 Å². The van der Waals surface area contributed by atoms with Gasteiger partial charge in [0.2, 0.25) is 0 Å². The van der Waals surface area contributed by atoms with Crippen molar-refractivity contribution >= 4 is 17.7 Å². The van der Waals surface area contributed by atoms with Crippen LogP contribution in [0.1, 0.15) is 54.6 Å². The molecule has 1 fully saturated rings. The van der Waals surface area contributed by atoms with Crippen LogP contribution < -0.4 is 4.74 Å². The van der Waals surface area contributed by atoms with Crippen LogP contribution in [0.2, 0.25) is 5.02 Å². The van der Waals surface area contributed by atoms with E-state index >= 15 is 0 Å². The zero-order valence-corrected chi connectivity index (χ0v) is 19.7. The van der Waals surface area contributed by atoms with Crippen molar-refractivity contribution in [2.75, 3.05) is 21.2 Å². The largest absolute Gasteiger partial charge is 0.497 e. The van der Waals surface area contributed by atoms with Crippen LogP contribution in [0, 0.1) is 5.92 Å². The number of halogens is 1. The maximum Gasteiger partial charge on any atom is 0.250 e. The van der Waals surface area contributed by atoms with E-state index < -0.39 is 0 Å². The number of hydrogen-bond acceptors (Lipinski definition) is 5. The molecule has 3 aromatic rings. The average Bonchev–Trinajstić information content (AvgIpc) is 3.23. The fraction of sp³-hybridized carbons (Fsp3) is 0.385. The van der Waals surface area contributed by atoms with E-state index in [0.717, 1.165) is 42.0 Å². The Morgan fingerprint density at radius 1 is 1.09 bits per heavy atom. The van der Waals surface area contributed by atoms with Crippen molar-refractivity contribution in [1.29, 1.82) is 0 Å². The fourth-order valence-electron chi connectivity index (χ4n) is 4.62. The Balaban J connectivity index is 1.37. The molecule has 5 nitrogen and oxygen atoms in total.